The molecule has 26 heavy (non-hydrogen) atoms. The predicted octanol–water partition coefficient (Wildman–Crippen LogP) is 2.43. The third-order valence-corrected chi connectivity index (χ3v) is 4.55. The van der Waals surface area contributed by atoms with Crippen LogP contribution < -0.4 is 16.4 Å². The number of hydrogen-bond donors (Lipinski definition) is 3. The molecule has 7 nitrogen and oxygen atoms in total. The Labute approximate surface area is 157 Å². The molecule has 142 valence electrons. The number of ether oxygens (including phenoxy) is 1. The number of nitrogens with one attached hydrogen (secondary N) is 2. The average Bonchev–Trinajstić information content (AvgIpc) is 2.60. The lowest BCUT2D eigenvalue weighted by atomic mass is 9.95. The molecular formula is C18H24ClN3O4. The van der Waals surface area contributed by atoms with Crippen LogP contribution in [-0.2, 0) is 14.3 Å². The van der Waals surface area contributed by atoms with Gasteiger partial charge in [0.25, 0.3) is 5.91 Å². The molecule has 0 unspecified atom stereocenters. The smallest absolute Gasteiger partial charge is 0.312 e. The highest BCUT2D eigenvalue weighted by molar-refractivity contribution is 6.30. The SMILES string of the molecule is NC(=O)N[C@H](CC(=O)OCC(=O)NC1CCCCC1)c1ccc(Cl)cc1. The molecule has 0 spiro atoms. The summed E-state index contributed by atoms with van der Waals surface area (Å²) in [5, 5.41) is 5.91. The molecule has 0 bridgehead atoms. The largest absolute Gasteiger partial charge is 0.456 e. The van der Waals surface area contributed by atoms with E-state index < -0.39 is 18.0 Å². The molecular weight excluding hydrogens is 358 g/mol. The van der Waals surface area contributed by atoms with Gasteiger partial charge in [-0.1, -0.05) is 43.0 Å². The number of primary amides is 1. The Morgan fingerprint density at radius 3 is 2.42 bits per heavy atom. The van der Waals surface area contributed by atoms with E-state index in [9.17, 15) is 14.4 Å². The zero-order valence-corrected chi connectivity index (χ0v) is 15.3. The second kappa shape index (κ2) is 10.0. The molecule has 1 atom stereocenters. The van der Waals surface area contributed by atoms with Crippen LogP contribution in [0.25, 0.3) is 0 Å². The summed E-state index contributed by atoms with van der Waals surface area (Å²) in [7, 11) is 0. The zero-order valence-electron chi connectivity index (χ0n) is 14.5. The van der Waals surface area contributed by atoms with Crippen molar-refractivity contribution in [3.05, 3.63) is 34.9 Å². The summed E-state index contributed by atoms with van der Waals surface area (Å²) < 4.78 is 5.03. The highest BCUT2D eigenvalue weighted by Crippen LogP contribution is 2.20. The van der Waals surface area contributed by atoms with Crippen LogP contribution in [0.2, 0.25) is 5.02 Å². The van der Waals surface area contributed by atoms with E-state index in [0.29, 0.717) is 10.6 Å². The maximum Gasteiger partial charge on any atom is 0.312 e. The molecule has 2 rings (SSSR count). The lowest BCUT2D eigenvalue weighted by Crippen LogP contribution is -2.39. The summed E-state index contributed by atoms with van der Waals surface area (Å²) in [6, 6.07) is 5.42. The molecule has 0 heterocycles. The number of hydrogen-bond acceptors (Lipinski definition) is 4. The fourth-order valence-corrected chi connectivity index (χ4v) is 3.13. The second-order valence-corrected chi connectivity index (χ2v) is 6.82. The Kier molecular flexibility index (Phi) is 7.72. The Morgan fingerprint density at radius 2 is 1.81 bits per heavy atom. The van der Waals surface area contributed by atoms with E-state index in [1.165, 1.54) is 6.42 Å². The third-order valence-electron chi connectivity index (χ3n) is 4.29. The lowest BCUT2D eigenvalue weighted by Gasteiger charge is -2.22. The van der Waals surface area contributed by atoms with Gasteiger partial charge in [-0.05, 0) is 30.5 Å². The van der Waals surface area contributed by atoms with E-state index in [4.69, 9.17) is 22.1 Å². The number of rotatable bonds is 7. The number of nitrogens with two attached hydrogens (primary N) is 1. The van der Waals surface area contributed by atoms with E-state index in [2.05, 4.69) is 10.6 Å². The van der Waals surface area contributed by atoms with Gasteiger partial charge in [-0.2, -0.15) is 0 Å². The first-order valence-corrected chi connectivity index (χ1v) is 9.08. The van der Waals surface area contributed by atoms with Crippen LogP contribution in [0.15, 0.2) is 24.3 Å². The van der Waals surface area contributed by atoms with Gasteiger partial charge in [0, 0.05) is 11.1 Å². The number of esters is 1. The molecule has 1 fully saturated rings. The van der Waals surface area contributed by atoms with Crippen molar-refractivity contribution >= 4 is 29.5 Å². The second-order valence-electron chi connectivity index (χ2n) is 6.38. The molecule has 1 aliphatic rings. The van der Waals surface area contributed by atoms with Crippen molar-refractivity contribution in [1.29, 1.82) is 0 Å². The van der Waals surface area contributed by atoms with Crippen molar-refractivity contribution in [3.8, 4) is 0 Å². The van der Waals surface area contributed by atoms with Crippen molar-refractivity contribution in [3.63, 3.8) is 0 Å². The van der Waals surface area contributed by atoms with Gasteiger partial charge in [0.05, 0.1) is 12.5 Å². The number of carbonyl (C=O) groups is 3. The molecule has 4 N–H and O–H groups in total. The van der Waals surface area contributed by atoms with E-state index in [0.717, 1.165) is 25.7 Å². The molecule has 1 aliphatic carbocycles. The number of amides is 3. The molecule has 0 saturated heterocycles. The summed E-state index contributed by atoms with van der Waals surface area (Å²) >= 11 is 5.84. The first-order valence-electron chi connectivity index (χ1n) is 8.70. The Hall–Kier alpha value is -2.28. The molecule has 1 aromatic carbocycles. The third kappa shape index (κ3) is 6.92. The highest BCUT2D eigenvalue weighted by atomic mass is 35.5. The van der Waals surface area contributed by atoms with E-state index in [-0.39, 0.29) is 25.0 Å². The zero-order chi connectivity index (χ0) is 18.9. The van der Waals surface area contributed by atoms with Crippen LogP contribution >= 0.6 is 11.6 Å². The van der Waals surface area contributed by atoms with Gasteiger partial charge in [0.15, 0.2) is 6.61 Å². The quantitative estimate of drug-likeness (QED) is 0.630. The van der Waals surface area contributed by atoms with Crippen LogP contribution in [0.4, 0.5) is 4.79 Å². The number of urea groups is 1. The van der Waals surface area contributed by atoms with E-state index in [1.807, 2.05) is 0 Å². The standard InChI is InChI=1S/C18H24ClN3O4/c19-13-8-6-12(7-9-13)15(22-18(20)25)10-17(24)26-11-16(23)21-14-4-2-1-3-5-14/h6-9,14-15H,1-5,10-11H2,(H,21,23)(H3,20,22,25)/t15-/m1/s1. The van der Waals surface area contributed by atoms with Crippen molar-refractivity contribution in [1.82, 2.24) is 10.6 Å². The molecule has 0 aliphatic heterocycles. The van der Waals surface area contributed by atoms with E-state index >= 15 is 0 Å². The van der Waals surface area contributed by atoms with Crippen LogP contribution in [0.3, 0.4) is 0 Å². The Balaban J connectivity index is 1.83. The van der Waals surface area contributed by atoms with Gasteiger partial charge in [-0.3, -0.25) is 9.59 Å². The van der Waals surface area contributed by atoms with Gasteiger partial charge in [0.1, 0.15) is 0 Å². The van der Waals surface area contributed by atoms with Gasteiger partial charge >= 0.3 is 12.0 Å². The molecule has 0 radical (unpaired) electrons. The predicted molar refractivity (Wildman–Crippen MR) is 97.5 cm³/mol. The van der Waals surface area contributed by atoms with Gasteiger partial charge in [-0.15, -0.1) is 0 Å². The normalized spacial score (nSPS) is 15.7. The number of benzene rings is 1. The maximum absolute atomic E-state index is 12.1. The summed E-state index contributed by atoms with van der Waals surface area (Å²) in [5.41, 5.74) is 5.83. The van der Waals surface area contributed by atoms with E-state index in [1.54, 1.807) is 24.3 Å². The lowest BCUT2D eigenvalue weighted by molar-refractivity contribution is -0.149. The Morgan fingerprint density at radius 1 is 1.15 bits per heavy atom. The minimum Gasteiger partial charge on any atom is -0.456 e. The van der Waals surface area contributed by atoms with Crippen LogP contribution in [0, 0.1) is 0 Å². The number of carbonyl (C=O) groups excluding carboxylic acids is 3. The average molecular weight is 382 g/mol. The van der Waals surface area contributed by atoms with Crippen molar-refractivity contribution in [2.45, 2.75) is 50.6 Å². The van der Waals surface area contributed by atoms with Crippen LogP contribution in [0.1, 0.15) is 50.1 Å². The van der Waals surface area contributed by atoms with Crippen molar-refractivity contribution in [2.75, 3.05) is 6.61 Å². The number of halogens is 1. The molecule has 0 aromatic heterocycles. The molecule has 8 heteroatoms. The molecule has 1 saturated carbocycles. The summed E-state index contributed by atoms with van der Waals surface area (Å²) in [6.45, 7) is -0.334. The van der Waals surface area contributed by atoms with Gasteiger partial charge in [0.2, 0.25) is 0 Å². The summed E-state index contributed by atoms with van der Waals surface area (Å²) in [4.78, 5) is 35.1. The van der Waals surface area contributed by atoms with Crippen molar-refractivity contribution < 1.29 is 19.1 Å². The summed E-state index contributed by atoms with van der Waals surface area (Å²) in [5.74, 6) is -0.909. The van der Waals surface area contributed by atoms with Crippen LogP contribution in [0.5, 0.6) is 0 Å². The van der Waals surface area contributed by atoms with Crippen molar-refractivity contribution in [2.24, 2.45) is 5.73 Å². The monoisotopic (exact) mass is 381 g/mol. The minimum atomic E-state index is -0.757. The summed E-state index contributed by atoms with van der Waals surface area (Å²) in [6.07, 6.45) is 5.18. The molecule has 3 amide bonds. The fraction of sp³-hybridized carbons (Fsp3) is 0.500. The highest BCUT2D eigenvalue weighted by Gasteiger charge is 2.20. The van der Waals surface area contributed by atoms with Gasteiger partial charge in [-0.25, -0.2) is 4.79 Å². The molecule has 1 aromatic rings. The first-order chi connectivity index (χ1) is 12.4. The van der Waals surface area contributed by atoms with Crippen LogP contribution in [-0.4, -0.2) is 30.6 Å². The van der Waals surface area contributed by atoms with Gasteiger partial charge < -0.3 is 21.1 Å². The Bertz CT molecular complexity index is 630. The fourth-order valence-electron chi connectivity index (χ4n) is 3.01. The minimum absolute atomic E-state index is 0.138. The maximum atomic E-state index is 12.1. The first kappa shape index (κ1) is 20.0. The topological polar surface area (TPSA) is 111 Å².